The number of halogens is 4. The first-order chi connectivity index (χ1) is 7.79. The number of carbonyl (C=O) groups is 1. The predicted molar refractivity (Wildman–Crippen MR) is 57.7 cm³/mol. The van der Waals surface area contributed by atoms with Gasteiger partial charge in [-0.15, -0.1) is 0 Å². The van der Waals surface area contributed by atoms with Gasteiger partial charge in [-0.3, -0.25) is 4.79 Å². The van der Waals surface area contributed by atoms with Gasteiger partial charge in [-0.25, -0.2) is 4.98 Å². The predicted octanol–water partition coefficient (Wildman–Crippen LogP) is 3.18. The number of rotatable bonds is 3. The van der Waals surface area contributed by atoms with E-state index in [1.807, 2.05) is 0 Å². The van der Waals surface area contributed by atoms with Crippen molar-refractivity contribution in [2.45, 2.75) is 13.1 Å². The van der Waals surface area contributed by atoms with Crippen LogP contribution in [-0.4, -0.2) is 16.9 Å². The van der Waals surface area contributed by atoms with Gasteiger partial charge in [0.1, 0.15) is 5.82 Å². The van der Waals surface area contributed by atoms with Crippen LogP contribution in [0.3, 0.4) is 0 Å². The molecule has 1 aromatic heterocycles. The summed E-state index contributed by atoms with van der Waals surface area (Å²) in [6.45, 7) is 1.33. The van der Waals surface area contributed by atoms with Crippen molar-refractivity contribution < 1.29 is 18.0 Å². The lowest BCUT2D eigenvalue weighted by Crippen LogP contribution is -2.21. The molecule has 0 aliphatic carbocycles. The first-order valence-electron chi connectivity index (χ1n) is 4.47. The fraction of sp³-hybridized carbons (Fsp3) is 0.200. The zero-order chi connectivity index (χ0) is 13.1. The molecule has 1 heterocycles. The number of carbonyl (C=O) groups excluding carboxylic acids is 1. The molecule has 0 aliphatic heterocycles. The summed E-state index contributed by atoms with van der Waals surface area (Å²) in [6.07, 6.45) is -3.06. The number of nitrogens with one attached hydrogen (secondary N) is 1. The molecule has 0 spiro atoms. The van der Waals surface area contributed by atoms with Gasteiger partial charge < -0.3 is 5.32 Å². The minimum absolute atomic E-state index is 0.0437. The summed E-state index contributed by atoms with van der Waals surface area (Å²) in [4.78, 5) is 14.4. The molecule has 92 valence electrons. The Balaban J connectivity index is 2.72. The van der Waals surface area contributed by atoms with Crippen LogP contribution in [-0.2, 0) is 4.79 Å². The summed E-state index contributed by atoms with van der Waals surface area (Å²) in [6, 6.07) is 3.01. The highest BCUT2D eigenvalue weighted by Crippen LogP contribution is 2.18. The number of ketones is 1. The SMILES string of the molecule is C/C(=C/C(=O)C(F)(F)F)Nc1ccc(Cl)cn1. The van der Waals surface area contributed by atoms with Gasteiger partial charge in [-0.05, 0) is 19.1 Å². The lowest BCUT2D eigenvalue weighted by atomic mass is 10.3. The number of pyridine rings is 1. The van der Waals surface area contributed by atoms with E-state index in [-0.39, 0.29) is 5.70 Å². The van der Waals surface area contributed by atoms with Crippen LogP contribution in [0.25, 0.3) is 0 Å². The second-order valence-corrected chi connectivity index (χ2v) is 3.61. The zero-order valence-electron chi connectivity index (χ0n) is 8.68. The normalized spacial score (nSPS) is 12.4. The van der Waals surface area contributed by atoms with E-state index in [4.69, 9.17) is 11.6 Å². The van der Waals surface area contributed by atoms with Crippen molar-refractivity contribution in [2.75, 3.05) is 5.32 Å². The third kappa shape index (κ3) is 4.44. The van der Waals surface area contributed by atoms with Gasteiger partial charge >= 0.3 is 6.18 Å². The Hall–Kier alpha value is -1.56. The van der Waals surface area contributed by atoms with E-state index in [0.29, 0.717) is 16.9 Å². The van der Waals surface area contributed by atoms with Crippen molar-refractivity contribution in [3.63, 3.8) is 0 Å². The largest absolute Gasteiger partial charge is 0.454 e. The average molecular weight is 265 g/mol. The highest BCUT2D eigenvalue weighted by atomic mass is 35.5. The lowest BCUT2D eigenvalue weighted by molar-refractivity contribution is -0.165. The van der Waals surface area contributed by atoms with Gasteiger partial charge in [0.15, 0.2) is 0 Å². The van der Waals surface area contributed by atoms with E-state index in [2.05, 4.69) is 10.3 Å². The van der Waals surface area contributed by atoms with Crippen molar-refractivity contribution in [3.8, 4) is 0 Å². The number of aromatic nitrogens is 1. The van der Waals surface area contributed by atoms with Crippen LogP contribution in [0.1, 0.15) is 6.92 Å². The summed E-state index contributed by atoms with van der Waals surface area (Å²) in [5.41, 5.74) is 0.0437. The number of hydrogen-bond donors (Lipinski definition) is 1. The Labute approximate surface area is 100 Å². The molecule has 0 bridgehead atoms. The highest BCUT2D eigenvalue weighted by molar-refractivity contribution is 6.30. The Morgan fingerprint density at radius 2 is 2.12 bits per heavy atom. The molecule has 0 aromatic carbocycles. The molecular formula is C10H8ClF3N2O. The standard InChI is InChI=1S/C10H8ClF3N2O/c1-6(4-8(17)10(12,13)14)16-9-3-2-7(11)5-15-9/h2-5H,1H3,(H,15,16)/b6-4-. The maximum absolute atomic E-state index is 11.9. The fourth-order valence-electron chi connectivity index (χ4n) is 0.966. The Morgan fingerprint density at radius 3 is 2.59 bits per heavy atom. The molecular weight excluding hydrogens is 257 g/mol. The maximum atomic E-state index is 11.9. The molecule has 0 unspecified atom stereocenters. The third-order valence-corrected chi connectivity index (χ3v) is 1.90. The molecule has 0 aliphatic rings. The van der Waals surface area contributed by atoms with Crippen molar-refractivity contribution in [2.24, 2.45) is 0 Å². The van der Waals surface area contributed by atoms with Crippen LogP contribution >= 0.6 is 11.6 Å². The molecule has 0 fully saturated rings. The molecule has 0 atom stereocenters. The van der Waals surface area contributed by atoms with E-state index >= 15 is 0 Å². The monoisotopic (exact) mass is 264 g/mol. The number of nitrogens with zero attached hydrogens (tertiary/aromatic N) is 1. The van der Waals surface area contributed by atoms with E-state index in [1.165, 1.54) is 25.3 Å². The molecule has 3 nitrogen and oxygen atoms in total. The second-order valence-electron chi connectivity index (χ2n) is 3.18. The van der Waals surface area contributed by atoms with Gasteiger partial charge in [-0.1, -0.05) is 11.6 Å². The molecule has 0 radical (unpaired) electrons. The van der Waals surface area contributed by atoms with Crippen molar-refractivity contribution >= 4 is 23.2 Å². The number of anilines is 1. The fourth-order valence-corrected chi connectivity index (χ4v) is 1.08. The molecule has 17 heavy (non-hydrogen) atoms. The van der Waals surface area contributed by atoms with E-state index in [9.17, 15) is 18.0 Å². The summed E-state index contributed by atoms with van der Waals surface area (Å²) in [5, 5.41) is 2.95. The number of hydrogen-bond acceptors (Lipinski definition) is 3. The summed E-state index contributed by atoms with van der Waals surface area (Å²) >= 11 is 5.58. The topological polar surface area (TPSA) is 42.0 Å². The third-order valence-electron chi connectivity index (χ3n) is 1.68. The summed E-state index contributed by atoms with van der Waals surface area (Å²) < 4.78 is 35.8. The van der Waals surface area contributed by atoms with E-state index in [0.717, 1.165) is 0 Å². The molecule has 0 amide bonds. The van der Waals surface area contributed by atoms with Crippen LogP contribution in [0.5, 0.6) is 0 Å². The van der Waals surface area contributed by atoms with Crippen molar-refractivity contribution in [3.05, 3.63) is 35.1 Å². The molecule has 7 heteroatoms. The second kappa shape index (κ2) is 5.18. The smallest absolute Gasteiger partial charge is 0.344 e. The molecule has 1 N–H and O–H groups in total. The van der Waals surface area contributed by atoms with Crippen LogP contribution < -0.4 is 5.32 Å². The summed E-state index contributed by atoms with van der Waals surface area (Å²) in [5.74, 6) is -1.62. The Morgan fingerprint density at radius 1 is 1.47 bits per heavy atom. The molecule has 0 saturated carbocycles. The number of alkyl halides is 3. The van der Waals surface area contributed by atoms with Gasteiger partial charge in [0.25, 0.3) is 5.78 Å². The summed E-state index contributed by atoms with van der Waals surface area (Å²) in [7, 11) is 0. The molecule has 1 aromatic rings. The first kappa shape index (κ1) is 13.5. The van der Waals surface area contributed by atoms with Gasteiger partial charge in [0.05, 0.1) is 5.02 Å². The van der Waals surface area contributed by atoms with Crippen LogP contribution in [0.4, 0.5) is 19.0 Å². The van der Waals surface area contributed by atoms with E-state index in [1.54, 1.807) is 0 Å². The Kier molecular flexibility index (Phi) is 4.11. The van der Waals surface area contributed by atoms with E-state index < -0.39 is 12.0 Å². The van der Waals surface area contributed by atoms with Gasteiger partial charge in [0.2, 0.25) is 0 Å². The molecule has 0 saturated heterocycles. The maximum Gasteiger partial charge on any atom is 0.454 e. The quantitative estimate of drug-likeness (QED) is 0.853. The lowest BCUT2D eigenvalue weighted by Gasteiger charge is -2.06. The molecule has 1 rings (SSSR count). The minimum Gasteiger partial charge on any atom is -0.344 e. The van der Waals surface area contributed by atoms with Gasteiger partial charge in [-0.2, -0.15) is 13.2 Å². The zero-order valence-corrected chi connectivity index (χ0v) is 9.43. The van der Waals surface area contributed by atoms with Crippen molar-refractivity contribution in [1.82, 2.24) is 4.98 Å². The van der Waals surface area contributed by atoms with Crippen molar-refractivity contribution in [1.29, 1.82) is 0 Å². The first-order valence-corrected chi connectivity index (χ1v) is 4.85. The minimum atomic E-state index is -4.86. The van der Waals surface area contributed by atoms with Crippen LogP contribution in [0.15, 0.2) is 30.1 Å². The average Bonchev–Trinajstić information content (AvgIpc) is 2.20. The Bertz CT molecular complexity index is 440. The van der Waals surface area contributed by atoms with Gasteiger partial charge in [0, 0.05) is 18.0 Å². The van der Waals surface area contributed by atoms with Crippen LogP contribution in [0.2, 0.25) is 5.02 Å². The van der Waals surface area contributed by atoms with Crippen LogP contribution in [0, 0.1) is 0 Å². The number of allylic oxidation sites excluding steroid dienone is 2. The highest BCUT2D eigenvalue weighted by Gasteiger charge is 2.36.